The summed E-state index contributed by atoms with van der Waals surface area (Å²) < 4.78 is 70.7. The number of nitrogens with two attached hydrogens (primary N) is 1. The van der Waals surface area contributed by atoms with Crippen molar-refractivity contribution < 1.29 is 31.1 Å². The van der Waals surface area contributed by atoms with Gasteiger partial charge in [-0.05, 0) is 35.9 Å². The smallest absolute Gasteiger partial charge is 0.405 e. The first-order valence-corrected chi connectivity index (χ1v) is 11.3. The summed E-state index contributed by atoms with van der Waals surface area (Å²) >= 11 is 5.86. The minimum atomic E-state index is -5.00. The van der Waals surface area contributed by atoms with Crippen molar-refractivity contribution in [2.24, 2.45) is 5.73 Å². The van der Waals surface area contributed by atoms with Crippen molar-refractivity contribution in [1.29, 1.82) is 0 Å². The highest BCUT2D eigenvalue weighted by atomic mass is 35.5. The number of alkyl halides is 3. The lowest BCUT2D eigenvalue weighted by Crippen LogP contribution is -2.41. The molecule has 0 unspecified atom stereocenters. The first-order chi connectivity index (χ1) is 15.5. The number of ether oxygens (including phenoxy) is 1. The highest BCUT2D eigenvalue weighted by Gasteiger charge is 2.38. The molecule has 0 aliphatic heterocycles. The minimum absolute atomic E-state index is 0.116. The van der Waals surface area contributed by atoms with Gasteiger partial charge in [0.1, 0.15) is 11.8 Å². The molecule has 174 valence electrons. The van der Waals surface area contributed by atoms with E-state index in [-0.39, 0.29) is 21.0 Å². The number of carbonyl (C=O) groups excluding carboxylic acids is 1. The Kier molecular flexibility index (Phi) is 7.31. The Morgan fingerprint density at radius 3 is 2.12 bits per heavy atom. The number of carbonyl (C=O) groups is 1. The van der Waals surface area contributed by atoms with Gasteiger partial charge in [-0.15, -0.1) is 13.2 Å². The van der Waals surface area contributed by atoms with Crippen LogP contribution in [0.25, 0.3) is 0 Å². The Bertz CT molecular complexity index is 1220. The second-order valence-corrected chi connectivity index (χ2v) is 9.20. The van der Waals surface area contributed by atoms with Crippen LogP contribution in [-0.4, -0.2) is 25.0 Å². The van der Waals surface area contributed by atoms with E-state index in [0.29, 0.717) is 0 Å². The summed E-state index contributed by atoms with van der Waals surface area (Å²) in [4.78, 5) is 12.2. The molecule has 33 heavy (non-hydrogen) atoms. The third-order valence-electron chi connectivity index (χ3n) is 4.62. The molecule has 0 radical (unpaired) electrons. The first kappa shape index (κ1) is 24.6. The van der Waals surface area contributed by atoms with Gasteiger partial charge in [0.05, 0.1) is 4.90 Å². The molecule has 11 heteroatoms. The topological polar surface area (TPSA) is 89.7 Å². The van der Waals surface area contributed by atoms with Crippen LogP contribution in [0.4, 0.5) is 13.2 Å². The van der Waals surface area contributed by atoms with Crippen molar-refractivity contribution in [1.82, 2.24) is 4.31 Å². The largest absolute Gasteiger partial charge is 0.573 e. The third-order valence-corrected chi connectivity index (χ3v) is 6.69. The van der Waals surface area contributed by atoms with Gasteiger partial charge in [0.2, 0.25) is 15.9 Å². The predicted molar refractivity (Wildman–Crippen MR) is 116 cm³/mol. The molecule has 0 fully saturated rings. The molecule has 0 aliphatic rings. The number of halogens is 4. The molecule has 0 aliphatic carbocycles. The van der Waals surface area contributed by atoms with Crippen LogP contribution in [0.1, 0.15) is 17.2 Å². The van der Waals surface area contributed by atoms with E-state index >= 15 is 0 Å². The van der Waals surface area contributed by atoms with Crippen LogP contribution in [0, 0.1) is 0 Å². The van der Waals surface area contributed by atoms with Gasteiger partial charge in [0, 0.05) is 17.1 Å². The fraction of sp³-hybridized carbons (Fsp3) is 0.136. The molecule has 3 rings (SSSR count). The van der Waals surface area contributed by atoms with Crippen LogP contribution in [0.3, 0.4) is 0 Å². The van der Waals surface area contributed by atoms with Gasteiger partial charge in [-0.2, -0.15) is 4.31 Å². The normalized spacial score (nSPS) is 13.0. The molecule has 3 aromatic carbocycles. The standard InChI is InChI=1S/C22H18ClF3N2O4S/c23-17-10-12-18(13-11-17)33(30,31)28(20(21(27)29)15-6-2-1-3-7-15)14-16-8-4-5-9-19(16)32-22(24,25)26/h1-13,20H,14H2,(H2,27,29)/t20-/m1/s1. The minimum Gasteiger partial charge on any atom is -0.405 e. The highest BCUT2D eigenvalue weighted by Crippen LogP contribution is 2.34. The van der Waals surface area contributed by atoms with Gasteiger partial charge in [-0.3, -0.25) is 4.79 Å². The Morgan fingerprint density at radius 2 is 1.55 bits per heavy atom. The molecule has 1 atom stereocenters. The Morgan fingerprint density at radius 1 is 0.970 bits per heavy atom. The van der Waals surface area contributed by atoms with Crippen molar-refractivity contribution in [2.45, 2.75) is 23.8 Å². The molecule has 0 saturated carbocycles. The maximum atomic E-state index is 13.6. The van der Waals surface area contributed by atoms with E-state index in [9.17, 15) is 26.4 Å². The average Bonchev–Trinajstić information content (AvgIpc) is 2.74. The lowest BCUT2D eigenvalue weighted by Gasteiger charge is -2.30. The van der Waals surface area contributed by atoms with Crippen LogP contribution in [0.2, 0.25) is 5.02 Å². The zero-order valence-corrected chi connectivity index (χ0v) is 18.4. The number of para-hydroxylation sites is 1. The monoisotopic (exact) mass is 498 g/mol. The number of hydrogen-bond donors (Lipinski definition) is 1. The summed E-state index contributed by atoms with van der Waals surface area (Å²) in [7, 11) is -4.43. The van der Waals surface area contributed by atoms with E-state index in [1.807, 2.05) is 0 Å². The van der Waals surface area contributed by atoms with Crippen LogP contribution in [0.5, 0.6) is 5.75 Å². The van der Waals surface area contributed by atoms with E-state index in [1.165, 1.54) is 54.6 Å². The molecule has 6 nitrogen and oxygen atoms in total. The van der Waals surface area contributed by atoms with Crippen molar-refractivity contribution >= 4 is 27.5 Å². The third kappa shape index (κ3) is 6.04. The van der Waals surface area contributed by atoms with Gasteiger partial charge < -0.3 is 10.5 Å². The summed E-state index contributed by atoms with van der Waals surface area (Å²) in [5.41, 5.74) is 5.72. The fourth-order valence-corrected chi connectivity index (χ4v) is 4.88. The van der Waals surface area contributed by atoms with Crippen LogP contribution in [-0.2, 0) is 21.4 Å². The number of hydrogen-bond acceptors (Lipinski definition) is 4. The summed E-state index contributed by atoms with van der Waals surface area (Å²) in [6.45, 7) is -0.625. The van der Waals surface area contributed by atoms with Gasteiger partial charge >= 0.3 is 6.36 Å². The maximum absolute atomic E-state index is 13.6. The van der Waals surface area contributed by atoms with E-state index in [0.717, 1.165) is 10.4 Å². The number of benzene rings is 3. The Hall–Kier alpha value is -3.08. The summed E-state index contributed by atoms with van der Waals surface area (Å²) in [6.07, 6.45) is -5.00. The molecule has 0 bridgehead atoms. The quantitative estimate of drug-likeness (QED) is 0.489. The summed E-state index contributed by atoms with van der Waals surface area (Å²) in [6, 6.07) is 16.5. The van der Waals surface area contributed by atoms with Crippen LogP contribution >= 0.6 is 11.6 Å². The molecule has 0 spiro atoms. The second kappa shape index (κ2) is 9.82. The average molecular weight is 499 g/mol. The predicted octanol–water partition coefficient (Wildman–Crippen LogP) is 4.66. The zero-order valence-electron chi connectivity index (χ0n) is 16.9. The number of primary amides is 1. The molecule has 2 N–H and O–H groups in total. The zero-order chi connectivity index (χ0) is 24.2. The summed E-state index contributed by atoms with van der Waals surface area (Å²) in [5, 5.41) is 0.277. The fourth-order valence-electron chi connectivity index (χ4n) is 3.19. The lowest BCUT2D eigenvalue weighted by molar-refractivity contribution is -0.275. The number of sulfonamides is 1. The van der Waals surface area contributed by atoms with Crippen LogP contribution in [0.15, 0.2) is 83.8 Å². The lowest BCUT2D eigenvalue weighted by atomic mass is 10.1. The van der Waals surface area contributed by atoms with Gasteiger partial charge in [-0.1, -0.05) is 60.1 Å². The molecular weight excluding hydrogens is 481 g/mol. The van der Waals surface area contributed by atoms with Gasteiger partial charge in [0.15, 0.2) is 0 Å². The molecule has 0 saturated heterocycles. The van der Waals surface area contributed by atoms with Gasteiger partial charge in [-0.25, -0.2) is 8.42 Å². The highest BCUT2D eigenvalue weighted by molar-refractivity contribution is 7.89. The van der Waals surface area contributed by atoms with E-state index in [1.54, 1.807) is 18.2 Å². The Balaban J connectivity index is 2.16. The van der Waals surface area contributed by atoms with Crippen LogP contribution < -0.4 is 10.5 Å². The van der Waals surface area contributed by atoms with E-state index < -0.39 is 40.6 Å². The van der Waals surface area contributed by atoms with Crippen molar-refractivity contribution in [3.8, 4) is 5.75 Å². The number of amides is 1. The SMILES string of the molecule is NC(=O)[C@@H](c1ccccc1)N(Cc1ccccc1OC(F)(F)F)S(=O)(=O)c1ccc(Cl)cc1. The summed E-state index contributed by atoms with van der Waals surface area (Å²) in [5.74, 6) is -1.61. The van der Waals surface area contributed by atoms with E-state index in [4.69, 9.17) is 17.3 Å². The van der Waals surface area contributed by atoms with Crippen molar-refractivity contribution in [2.75, 3.05) is 0 Å². The molecular formula is C22H18ClF3N2O4S. The first-order valence-electron chi connectivity index (χ1n) is 9.44. The van der Waals surface area contributed by atoms with E-state index in [2.05, 4.69) is 4.74 Å². The maximum Gasteiger partial charge on any atom is 0.573 e. The van der Waals surface area contributed by atoms with Crippen molar-refractivity contribution in [3.63, 3.8) is 0 Å². The molecule has 3 aromatic rings. The Labute approximate surface area is 193 Å². The second-order valence-electron chi connectivity index (χ2n) is 6.88. The number of rotatable bonds is 8. The molecule has 0 heterocycles. The molecule has 1 amide bonds. The van der Waals surface area contributed by atoms with Gasteiger partial charge in [0.25, 0.3) is 0 Å². The van der Waals surface area contributed by atoms with Crippen molar-refractivity contribution in [3.05, 3.63) is 95.0 Å². The number of nitrogens with zero attached hydrogens (tertiary/aromatic N) is 1. The molecule has 0 aromatic heterocycles.